The van der Waals surface area contributed by atoms with Crippen molar-refractivity contribution in [1.29, 1.82) is 0 Å². The Bertz CT molecular complexity index is 651. The van der Waals surface area contributed by atoms with E-state index < -0.39 is 0 Å². The predicted octanol–water partition coefficient (Wildman–Crippen LogP) is 3.75. The molecule has 3 heteroatoms. The first-order valence-electron chi connectivity index (χ1n) is 7.69. The van der Waals surface area contributed by atoms with Crippen LogP contribution in [0.2, 0.25) is 0 Å². The lowest BCUT2D eigenvalue weighted by Crippen LogP contribution is -2.21. The first-order chi connectivity index (χ1) is 10.3. The molecule has 2 aliphatic heterocycles. The van der Waals surface area contributed by atoms with E-state index in [0.29, 0.717) is 12.0 Å². The van der Waals surface area contributed by atoms with E-state index in [1.807, 2.05) is 12.1 Å². The van der Waals surface area contributed by atoms with Crippen molar-refractivity contribution < 1.29 is 4.39 Å². The fourth-order valence-electron chi connectivity index (χ4n) is 3.73. The van der Waals surface area contributed by atoms with Gasteiger partial charge in [0, 0.05) is 17.6 Å². The Morgan fingerprint density at radius 3 is 2.62 bits per heavy atom. The summed E-state index contributed by atoms with van der Waals surface area (Å²) in [4.78, 5) is 0. The van der Waals surface area contributed by atoms with Gasteiger partial charge < -0.3 is 10.6 Å². The second kappa shape index (κ2) is 5.15. The number of rotatable bonds is 1. The molecule has 2 atom stereocenters. The number of anilines is 1. The van der Waals surface area contributed by atoms with Crippen molar-refractivity contribution in [1.82, 2.24) is 5.32 Å². The first kappa shape index (κ1) is 12.8. The quantitative estimate of drug-likeness (QED) is 0.832. The Hall–Kier alpha value is -1.87. The van der Waals surface area contributed by atoms with Crippen LogP contribution >= 0.6 is 0 Å². The average Bonchev–Trinajstić information content (AvgIpc) is 2.70. The van der Waals surface area contributed by atoms with Crippen LogP contribution < -0.4 is 10.6 Å². The number of hydrogen-bond donors (Lipinski definition) is 2. The maximum absolute atomic E-state index is 13.2. The van der Waals surface area contributed by atoms with E-state index >= 15 is 0 Å². The van der Waals surface area contributed by atoms with Crippen LogP contribution in [0.5, 0.6) is 0 Å². The van der Waals surface area contributed by atoms with Gasteiger partial charge in [-0.05, 0) is 60.8 Å². The standard InChI is InChI=1S/C18H19FN2/c19-13-6-4-12(5-7-13)14-2-1-3-17-18(14)15-8-10-20-11-9-16(15)21-17/h1-7,15-16,20-21H,8-11H2/t15-,16-/m0/s1. The van der Waals surface area contributed by atoms with Gasteiger partial charge in [0.1, 0.15) is 5.82 Å². The van der Waals surface area contributed by atoms with E-state index in [9.17, 15) is 4.39 Å². The molecule has 21 heavy (non-hydrogen) atoms. The van der Waals surface area contributed by atoms with E-state index in [1.54, 1.807) is 12.1 Å². The Kier molecular flexibility index (Phi) is 3.15. The third-order valence-electron chi connectivity index (χ3n) is 4.72. The van der Waals surface area contributed by atoms with Crippen LogP contribution in [-0.2, 0) is 0 Å². The maximum Gasteiger partial charge on any atom is 0.123 e. The van der Waals surface area contributed by atoms with Gasteiger partial charge in [-0.2, -0.15) is 0 Å². The number of nitrogens with one attached hydrogen (secondary N) is 2. The SMILES string of the molecule is Fc1ccc(-c2cccc3c2[C@H]2CCNCC[C@@H]2N3)cc1. The molecule has 0 radical (unpaired) electrons. The monoisotopic (exact) mass is 282 g/mol. The van der Waals surface area contributed by atoms with Crippen molar-refractivity contribution in [2.45, 2.75) is 24.8 Å². The fraction of sp³-hybridized carbons (Fsp3) is 0.333. The first-order valence-corrected chi connectivity index (χ1v) is 7.69. The molecule has 0 aliphatic carbocycles. The molecule has 2 aliphatic rings. The zero-order valence-electron chi connectivity index (χ0n) is 11.9. The van der Waals surface area contributed by atoms with Crippen LogP contribution in [0.1, 0.15) is 24.3 Å². The van der Waals surface area contributed by atoms with Gasteiger partial charge in [0.2, 0.25) is 0 Å². The molecule has 2 aromatic rings. The van der Waals surface area contributed by atoms with Crippen LogP contribution in [0.3, 0.4) is 0 Å². The summed E-state index contributed by atoms with van der Waals surface area (Å²) in [5, 5.41) is 7.17. The highest BCUT2D eigenvalue weighted by Crippen LogP contribution is 2.45. The summed E-state index contributed by atoms with van der Waals surface area (Å²) < 4.78 is 13.2. The number of hydrogen-bond acceptors (Lipinski definition) is 2. The molecule has 108 valence electrons. The van der Waals surface area contributed by atoms with Gasteiger partial charge in [-0.15, -0.1) is 0 Å². The molecule has 1 fully saturated rings. The largest absolute Gasteiger partial charge is 0.381 e. The van der Waals surface area contributed by atoms with Crippen LogP contribution in [-0.4, -0.2) is 19.1 Å². The molecular formula is C18H19FN2. The van der Waals surface area contributed by atoms with Crippen molar-refractivity contribution in [2.24, 2.45) is 0 Å². The highest BCUT2D eigenvalue weighted by atomic mass is 19.1. The van der Waals surface area contributed by atoms with Gasteiger partial charge in [0.15, 0.2) is 0 Å². The zero-order chi connectivity index (χ0) is 14.2. The molecule has 1 saturated heterocycles. The van der Waals surface area contributed by atoms with Crippen molar-refractivity contribution >= 4 is 5.69 Å². The molecule has 2 N–H and O–H groups in total. The fourth-order valence-corrected chi connectivity index (χ4v) is 3.73. The van der Waals surface area contributed by atoms with Gasteiger partial charge in [-0.3, -0.25) is 0 Å². The van der Waals surface area contributed by atoms with Gasteiger partial charge >= 0.3 is 0 Å². The van der Waals surface area contributed by atoms with Gasteiger partial charge in [0.25, 0.3) is 0 Å². The van der Waals surface area contributed by atoms with E-state index in [0.717, 1.165) is 31.5 Å². The second-order valence-corrected chi connectivity index (χ2v) is 5.96. The molecule has 0 unspecified atom stereocenters. The average molecular weight is 282 g/mol. The third-order valence-corrected chi connectivity index (χ3v) is 4.72. The molecule has 0 saturated carbocycles. The summed E-state index contributed by atoms with van der Waals surface area (Å²) in [6, 6.07) is 13.8. The van der Waals surface area contributed by atoms with Crippen molar-refractivity contribution in [3.8, 4) is 11.1 Å². The summed E-state index contributed by atoms with van der Waals surface area (Å²) in [7, 11) is 0. The molecule has 0 aromatic heterocycles. The molecular weight excluding hydrogens is 263 g/mol. The number of benzene rings is 2. The van der Waals surface area contributed by atoms with Crippen LogP contribution in [0, 0.1) is 5.82 Å². The molecule has 0 amide bonds. The normalized spacial score (nSPS) is 23.9. The maximum atomic E-state index is 13.2. The highest BCUT2D eigenvalue weighted by molar-refractivity contribution is 5.77. The van der Waals surface area contributed by atoms with Crippen LogP contribution in [0.4, 0.5) is 10.1 Å². The smallest absolute Gasteiger partial charge is 0.123 e. The van der Waals surface area contributed by atoms with E-state index in [4.69, 9.17) is 0 Å². The van der Waals surface area contributed by atoms with Gasteiger partial charge in [-0.1, -0.05) is 24.3 Å². The second-order valence-electron chi connectivity index (χ2n) is 5.96. The lowest BCUT2D eigenvalue weighted by molar-refractivity contribution is 0.579. The molecule has 2 nitrogen and oxygen atoms in total. The number of halogens is 1. The Morgan fingerprint density at radius 1 is 0.952 bits per heavy atom. The molecule has 2 heterocycles. The van der Waals surface area contributed by atoms with Crippen LogP contribution in [0.15, 0.2) is 42.5 Å². The molecule has 2 aromatic carbocycles. The Morgan fingerprint density at radius 2 is 1.76 bits per heavy atom. The minimum absolute atomic E-state index is 0.180. The highest BCUT2D eigenvalue weighted by Gasteiger charge is 2.34. The van der Waals surface area contributed by atoms with Crippen molar-refractivity contribution in [3.63, 3.8) is 0 Å². The zero-order valence-corrected chi connectivity index (χ0v) is 11.9. The third kappa shape index (κ3) is 2.22. The van der Waals surface area contributed by atoms with Crippen molar-refractivity contribution in [3.05, 3.63) is 53.8 Å². The number of fused-ring (bicyclic) bond motifs is 3. The molecule has 4 rings (SSSR count). The van der Waals surface area contributed by atoms with Gasteiger partial charge in [-0.25, -0.2) is 4.39 Å². The minimum atomic E-state index is -0.180. The predicted molar refractivity (Wildman–Crippen MR) is 84.1 cm³/mol. The van der Waals surface area contributed by atoms with E-state index in [1.165, 1.54) is 16.8 Å². The van der Waals surface area contributed by atoms with Gasteiger partial charge in [0.05, 0.1) is 0 Å². The summed E-state index contributed by atoms with van der Waals surface area (Å²) in [6.07, 6.45) is 2.31. The summed E-state index contributed by atoms with van der Waals surface area (Å²) in [5.74, 6) is 0.372. The van der Waals surface area contributed by atoms with E-state index in [-0.39, 0.29) is 5.82 Å². The van der Waals surface area contributed by atoms with E-state index in [2.05, 4.69) is 28.8 Å². The van der Waals surface area contributed by atoms with Crippen molar-refractivity contribution in [2.75, 3.05) is 18.4 Å². The lowest BCUT2D eigenvalue weighted by atomic mass is 9.86. The summed E-state index contributed by atoms with van der Waals surface area (Å²) in [6.45, 7) is 2.15. The summed E-state index contributed by atoms with van der Waals surface area (Å²) >= 11 is 0. The molecule has 0 spiro atoms. The van der Waals surface area contributed by atoms with Crippen LogP contribution in [0.25, 0.3) is 11.1 Å². The summed E-state index contributed by atoms with van der Waals surface area (Å²) in [5.41, 5.74) is 5.02. The Balaban J connectivity index is 1.81. The minimum Gasteiger partial charge on any atom is -0.381 e. The lowest BCUT2D eigenvalue weighted by Gasteiger charge is -2.18. The molecule has 0 bridgehead atoms. The topological polar surface area (TPSA) is 24.1 Å². The Labute approximate surface area is 124 Å².